The maximum Gasteiger partial charge on any atom is 0.314 e. The summed E-state index contributed by atoms with van der Waals surface area (Å²) < 4.78 is 28.2. The predicted molar refractivity (Wildman–Crippen MR) is 35.2 cm³/mol. The molecule has 0 aliphatic rings. The molecule has 0 saturated carbocycles. The summed E-state index contributed by atoms with van der Waals surface area (Å²) in [5.74, 6) is -1.91. The zero-order chi connectivity index (χ0) is 9.84. The summed E-state index contributed by atoms with van der Waals surface area (Å²) in [6, 6.07) is 0. The van der Waals surface area contributed by atoms with Crippen LogP contribution in [-0.2, 0) is 11.2 Å². The Kier molecular flexibility index (Phi) is 2.88. The highest BCUT2D eigenvalue weighted by Crippen LogP contribution is 2.16. The van der Waals surface area contributed by atoms with E-state index in [1.54, 1.807) is 0 Å². The molecule has 1 aromatic rings. The van der Waals surface area contributed by atoms with Crippen LogP contribution < -0.4 is 0 Å². The summed E-state index contributed by atoms with van der Waals surface area (Å²) in [4.78, 5) is 10.1. The van der Waals surface area contributed by atoms with Gasteiger partial charge in [-0.05, 0) is 0 Å². The van der Waals surface area contributed by atoms with Gasteiger partial charge in [0.2, 0.25) is 5.89 Å². The number of aliphatic carboxylic acids is 1. The summed E-state index contributed by atoms with van der Waals surface area (Å²) >= 11 is 0. The van der Waals surface area contributed by atoms with E-state index in [1.165, 1.54) is 0 Å². The zero-order valence-corrected chi connectivity index (χ0v) is 6.41. The zero-order valence-electron chi connectivity index (χ0n) is 6.41. The Labute approximate surface area is 71.4 Å². The smallest absolute Gasteiger partial charge is 0.314 e. The van der Waals surface area contributed by atoms with Crippen molar-refractivity contribution in [1.82, 2.24) is 10.2 Å². The van der Waals surface area contributed by atoms with E-state index in [2.05, 4.69) is 14.6 Å². The van der Waals surface area contributed by atoms with Crippen LogP contribution in [-0.4, -0.2) is 21.3 Å². The fourth-order valence-corrected chi connectivity index (χ4v) is 0.670. The SMILES string of the molecule is O=C(O)CCc1nnc(C(F)F)o1. The van der Waals surface area contributed by atoms with Crippen LogP contribution in [0.1, 0.15) is 24.6 Å². The second-order valence-electron chi connectivity index (χ2n) is 2.23. The lowest BCUT2D eigenvalue weighted by atomic mass is 10.3. The maximum atomic E-state index is 11.9. The van der Waals surface area contributed by atoms with E-state index in [1.807, 2.05) is 0 Å². The molecule has 0 aliphatic heterocycles. The number of aryl methyl sites for hydroxylation is 1. The molecule has 0 amide bonds. The van der Waals surface area contributed by atoms with Gasteiger partial charge in [0.25, 0.3) is 5.89 Å². The number of alkyl halides is 2. The molecule has 7 heteroatoms. The summed E-state index contributed by atoms with van der Waals surface area (Å²) in [7, 11) is 0. The number of nitrogens with zero attached hydrogens (tertiary/aromatic N) is 2. The number of halogens is 2. The lowest BCUT2D eigenvalue weighted by Gasteiger charge is -1.89. The molecule has 13 heavy (non-hydrogen) atoms. The van der Waals surface area contributed by atoms with Crippen LogP contribution in [0.4, 0.5) is 8.78 Å². The lowest BCUT2D eigenvalue weighted by molar-refractivity contribution is -0.137. The first kappa shape index (κ1) is 9.56. The molecule has 0 fully saturated rings. The van der Waals surface area contributed by atoms with Gasteiger partial charge < -0.3 is 9.52 Å². The summed E-state index contributed by atoms with van der Waals surface area (Å²) in [6.45, 7) is 0. The van der Waals surface area contributed by atoms with E-state index in [4.69, 9.17) is 5.11 Å². The third-order valence-corrected chi connectivity index (χ3v) is 1.22. The highest BCUT2D eigenvalue weighted by Gasteiger charge is 2.16. The summed E-state index contributed by atoms with van der Waals surface area (Å²) in [6.07, 6.45) is -3.06. The third-order valence-electron chi connectivity index (χ3n) is 1.22. The third kappa shape index (κ3) is 2.77. The molecule has 1 N–H and O–H groups in total. The first-order chi connectivity index (χ1) is 6.09. The van der Waals surface area contributed by atoms with Gasteiger partial charge >= 0.3 is 12.4 Å². The summed E-state index contributed by atoms with van der Waals surface area (Å²) in [5.41, 5.74) is 0. The molecule has 0 radical (unpaired) electrons. The Morgan fingerprint density at radius 3 is 2.69 bits per heavy atom. The van der Waals surface area contributed by atoms with Crippen molar-refractivity contribution in [3.8, 4) is 0 Å². The number of carboxylic acids is 1. The molecule has 1 heterocycles. The number of rotatable bonds is 4. The molecule has 72 valence electrons. The van der Waals surface area contributed by atoms with E-state index in [9.17, 15) is 13.6 Å². The fraction of sp³-hybridized carbons (Fsp3) is 0.500. The molecule has 1 aromatic heterocycles. The van der Waals surface area contributed by atoms with Gasteiger partial charge in [0.15, 0.2) is 0 Å². The van der Waals surface area contributed by atoms with Crippen molar-refractivity contribution in [1.29, 1.82) is 0 Å². The van der Waals surface area contributed by atoms with E-state index in [0.717, 1.165) is 0 Å². The number of hydrogen-bond acceptors (Lipinski definition) is 4. The Bertz CT molecular complexity index is 300. The minimum atomic E-state index is -2.81. The van der Waals surface area contributed by atoms with E-state index in [-0.39, 0.29) is 18.7 Å². The van der Waals surface area contributed by atoms with Crippen molar-refractivity contribution in [2.24, 2.45) is 0 Å². The highest BCUT2D eigenvalue weighted by molar-refractivity contribution is 5.66. The Morgan fingerprint density at radius 1 is 1.54 bits per heavy atom. The van der Waals surface area contributed by atoms with E-state index >= 15 is 0 Å². The van der Waals surface area contributed by atoms with Gasteiger partial charge in [0.1, 0.15) is 0 Å². The van der Waals surface area contributed by atoms with Crippen LogP contribution in [0.15, 0.2) is 4.42 Å². The average Bonchev–Trinajstić information content (AvgIpc) is 2.48. The minimum Gasteiger partial charge on any atom is -0.481 e. The number of carboxylic acid groups (broad SMARTS) is 1. The van der Waals surface area contributed by atoms with E-state index in [0.29, 0.717) is 0 Å². The molecular formula is C6H6F2N2O3. The van der Waals surface area contributed by atoms with Crippen LogP contribution in [0.5, 0.6) is 0 Å². The standard InChI is InChI=1S/C6H6F2N2O3/c7-5(8)6-10-9-3(13-6)1-2-4(11)12/h5H,1-2H2,(H,11,12). The molecule has 1 rings (SSSR count). The van der Waals surface area contributed by atoms with Crippen molar-refractivity contribution in [2.45, 2.75) is 19.3 Å². The lowest BCUT2D eigenvalue weighted by Crippen LogP contribution is -1.97. The van der Waals surface area contributed by atoms with Crippen molar-refractivity contribution in [2.75, 3.05) is 0 Å². The van der Waals surface area contributed by atoms with Gasteiger partial charge in [-0.2, -0.15) is 8.78 Å². The topological polar surface area (TPSA) is 76.2 Å². The Hall–Kier alpha value is -1.53. The van der Waals surface area contributed by atoms with Crippen molar-refractivity contribution in [3.63, 3.8) is 0 Å². The largest absolute Gasteiger partial charge is 0.481 e. The highest BCUT2D eigenvalue weighted by atomic mass is 19.3. The van der Waals surface area contributed by atoms with Crippen LogP contribution in [0.25, 0.3) is 0 Å². The number of hydrogen-bond donors (Lipinski definition) is 1. The molecular weight excluding hydrogens is 186 g/mol. The van der Waals surface area contributed by atoms with Crippen molar-refractivity contribution in [3.05, 3.63) is 11.8 Å². The number of carbonyl (C=O) groups is 1. The van der Waals surface area contributed by atoms with Crippen LogP contribution in [0.2, 0.25) is 0 Å². The van der Waals surface area contributed by atoms with Gasteiger partial charge in [0, 0.05) is 6.42 Å². The monoisotopic (exact) mass is 192 g/mol. The second kappa shape index (κ2) is 3.92. The van der Waals surface area contributed by atoms with Crippen LogP contribution in [0, 0.1) is 0 Å². The molecule has 0 aliphatic carbocycles. The quantitative estimate of drug-likeness (QED) is 0.770. The van der Waals surface area contributed by atoms with Gasteiger partial charge in [-0.1, -0.05) is 0 Å². The van der Waals surface area contributed by atoms with E-state index < -0.39 is 18.3 Å². The fourth-order valence-electron chi connectivity index (χ4n) is 0.670. The van der Waals surface area contributed by atoms with Crippen LogP contribution in [0.3, 0.4) is 0 Å². The molecule has 0 atom stereocenters. The average molecular weight is 192 g/mol. The molecule has 5 nitrogen and oxygen atoms in total. The molecule has 0 aromatic carbocycles. The first-order valence-corrected chi connectivity index (χ1v) is 3.42. The molecule has 0 unspecified atom stereocenters. The van der Waals surface area contributed by atoms with Gasteiger partial charge in [0.05, 0.1) is 6.42 Å². The van der Waals surface area contributed by atoms with Crippen molar-refractivity contribution < 1.29 is 23.1 Å². The van der Waals surface area contributed by atoms with Gasteiger partial charge in [-0.3, -0.25) is 4.79 Å². The normalized spacial score (nSPS) is 10.7. The van der Waals surface area contributed by atoms with Gasteiger partial charge in [-0.15, -0.1) is 10.2 Å². The molecule has 0 bridgehead atoms. The molecule has 0 spiro atoms. The van der Waals surface area contributed by atoms with Gasteiger partial charge in [-0.25, -0.2) is 0 Å². The predicted octanol–water partition coefficient (Wildman–Crippen LogP) is 1.02. The summed E-state index contributed by atoms with van der Waals surface area (Å²) in [5, 5.41) is 14.5. The molecule has 0 saturated heterocycles. The number of aromatic nitrogens is 2. The Balaban J connectivity index is 2.54. The Morgan fingerprint density at radius 2 is 2.23 bits per heavy atom. The second-order valence-corrected chi connectivity index (χ2v) is 2.23. The van der Waals surface area contributed by atoms with Crippen molar-refractivity contribution >= 4 is 5.97 Å². The first-order valence-electron chi connectivity index (χ1n) is 3.42. The van der Waals surface area contributed by atoms with Crippen LogP contribution >= 0.6 is 0 Å². The minimum absolute atomic E-state index is 0.0327. The maximum absolute atomic E-state index is 11.9.